The summed E-state index contributed by atoms with van der Waals surface area (Å²) in [7, 11) is 0. The molecule has 0 fully saturated rings. The second-order valence-corrected chi connectivity index (χ2v) is 17.2. The maximum Gasteiger partial charge on any atom is 0.306 e. The molecular formula is C54H97NO5. The third-order valence-electron chi connectivity index (χ3n) is 11.4. The van der Waals surface area contributed by atoms with Crippen LogP contribution in [0.3, 0.4) is 0 Å². The number of rotatable bonds is 45. The lowest BCUT2D eigenvalue weighted by Crippen LogP contribution is -2.46. The minimum atomic E-state index is -0.799. The molecule has 0 aliphatic carbocycles. The molecule has 3 N–H and O–H groups in total. The summed E-state index contributed by atoms with van der Waals surface area (Å²) in [5.74, 6) is -0.568. The Morgan fingerprint density at radius 3 is 1.27 bits per heavy atom. The van der Waals surface area contributed by atoms with Gasteiger partial charge in [-0.2, -0.15) is 0 Å². The van der Waals surface area contributed by atoms with Crippen molar-refractivity contribution in [3.05, 3.63) is 60.8 Å². The molecule has 0 bridgehead atoms. The van der Waals surface area contributed by atoms with Crippen LogP contribution in [0.25, 0.3) is 0 Å². The number of aliphatic hydroxyl groups is 2. The minimum absolute atomic E-state index is 0.0490. The molecule has 3 atom stereocenters. The molecule has 0 heterocycles. The highest BCUT2D eigenvalue weighted by molar-refractivity contribution is 5.77. The zero-order valence-corrected chi connectivity index (χ0v) is 39.6. The fraction of sp³-hybridized carbons (Fsp3) is 0.778. The van der Waals surface area contributed by atoms with E-state index < -0.39 is 18.2 Å². The lowest BCUT2D eigenvalue weighted by molar-refractivity contribution is -0.150. The van der Waals surface area contributed by atoms with Crippen LogP contribution in [-0.4, -0.2) is 46.9 Å². The molecule has 0 aromatic rings. The fourth-order valence-electron chi connectivity index (χ4n) is 7.54. The third kappa shape index (κ3) is 42.3. The van der Waals surface area contributed by atoms with E-state index in [4.69, 9.17) is 4.74 Å². The van der Waals surface area contributed by atoms with Gasteiger partial charge in [0.25, 0.3) is 0 Å². The Bertz CT molecular complexity index is 1080. The van der Waals surface area contributed by atoms with Crippen molar-refractivity contribution in [3.63, 3.8) is 0 Å². The van der Waals surface area contributed by atoms with E-state index in [9.17, 15) is 19.8 Å². The highest BCUT2D eigenvalue weighted by Crippen LogP contribution is 2.18. The van der Waals surface area contributed by atoms with Gasteiger partial charge in [0, 0.05) is 6.42 Å². The quantitative estimate of drug-likeness (QED) is 0.0322. The maximum absolute atomic E-state index is 13.2. The summed E-state index contributed by atoms with van der Waals surface area (Å²) in [6.07, 6.45) is 58.6. The topological polar surface area (TPSA) is 95.9 Å². The number of ether oxygens (including phenoxy) is 1. The first-order valence-electron chi connectivity index (χ1n) is 25.5. The van der Waals surface area contributed by atoms with Gasteiger partial charge in [0.1, 0.15) is 6.10 Å². The molecule has 348 valence electrons. The average Bonchev–Trinajstić information content (AvgIpc) is 3.24. The first kappa shape index (κ1) is 57.6. The molecule has 0 aliphatic rings. The summed E-state index contributed by atoms with van der Waals surface area (Å²) in [5, 5.41) is 23.7. The molecule has 0 spiro atoms. The summed E-state index contributed by atoms with van der Waals surface area (Å²) < 4.78 is 5.89. The standard InChI is InChI=1S/C54H97NO5/c1-4-7-10-13-16-19-22-25-26-27-29-32-35-38-41-44-47-54(59)60-50(45-42-39-36-33-30-24-21-18-15-12-9-6-3)48-53(58)55-51(49-56)52(57)46-43-40-37-34-31-28-23-20-17-14-11-8-5-2/h7,10,16,19,25-26,29,32,38,41,50-52,56-57H,4-6,8-9,11-15,17-18,20-24,27-28,30-31,33-37,39-40,42-49H2,1-3H3,(H,55,58)/b10-7+,19-16+,26-25+,32-29+,41-38+. The number of hydrogen-bond donors (Lipinski definition) is 3. The molecule has 6 nitrogen and oxygen atoms in total. The minimum Gasteiger partial charge on any atom is -0.462 e. The van der Waals surface area contributed by atoms with Gasteiger partial charge in [-0.15, -0.1) is 0 Å². The second kappa shape index (κ2) is 47.6. The summed E-state index contributed by atoms with van der Waals surface area (Å²) in [4.78, 5) is 26.1. The summed E-state index contributed by atoms with van der Waals surface area (Å²) in [5.41, 5.74) is 0. The van der Waals surface area contributed by atoms with Gasteiger partial charge in [-0.1, -0.05) is 236 Å². The van der Waals surface area contributed by atoms with Gasteiger partial charge in [-0.05, 0) is 57.8 Å². The molecule has 0 aliphatic heterocycles. The summed E-state index contributed by atoms with van der Waals surface area (Å²) in [6, 6.07) is -0.715. The monoisotopic (exact) mass is 840 g/mol. The van der Waals surface area contributed by atoms with Crippen molar-refractivity contribution >= 4 is 11.9 Å². The van der Waals surface area contributed by atoms with Crippen molar-refractivity contribution in [1.29, 1.82) is 0 Å². The van der Waals surface area contributed by atoms with E-state index in [-0.39, 0.29) is 31.3 Å². The molecule has 0 aromatic heterocycles. The van der Waals surface area contributed by atoms with Gasteiger partial charge < -0.3 is 20.3 Å². The zero-order valence-electron chi connectivity index (χ0n) is 39.6. The first-order chi connectivity index (χ1) is 29.5. The molecule has 0 saturated carbocycles. The van der Waals surface area contributed by atoms with Crippen LogP contribution in [0.2, 0.25) is 0 Å². The Kier molecular flexibility index (Phi) is 45.7. The van der Waals surface area contributed by atoms with Crippen molar-refractivity contribution in [3.8, 4) is 0 Å². The predicted molar refractivity (Wildman–Crippen MR) is 259 cm³/mol. The molecule has 60 heavy (non-hydrogen) atoms. The summed E-state index contributed by atoms with van der Waals surface area (Å²) >= 11 is 0. The number of hydrogen-bond acceptors (Lipinski definition) is 5. The Labute approximate surface area is 371 Å². The van der Waals surface area contributed by atoms with Crippen molar-refractivity contribution in [2.24, 2.45) is 0 Å². The van der Waals surface area contributed by atoms with Crippen LogP contribution in [0.4, 0.5) is 0 Å². The van der Waals surface area contributed by atoms with Crippen LogP contribution in [0.5, 0.6) is 0 Å². The number of carbonyl (C=O) groups is 2. The number of aliphatic hydroxyl groups excluding tert-OH is 2. The normalized spacial score (nSPS) is 13.8. The Hall–Kier alpha value is -2.44. The van der Waals surface area contributed by atoms with Gasteiger partial charge >= 0.3 is 5.97 Å². The van der Waals surface area contributed by atoms with E-state index >= 15 is 0 Å². The van der Waals surface area contributed by atoms with E-state index in [0.29, 0.717) is 19.3 Å². The van der Waals surface area contributed by atoms with Crippen molar-refractivity contribution in [1.82, 2.24) is 5.32 Å². The first-order valence-corrected chi connectivity index (χ1v) is 25.5. The number of nitrogens with one attached hydrogen (secondary N) is 1. The van der Waals surface area contributed by atoms with Crippen LogP contribution >= 0.6 is 0 Å². The van der Waals surface area contributed by atoms with Crippen LogP contribution in [0.15, 0.2) is 60.8 Å². The lowest BCUT2D eigenvalue weighted by Gasteiger charge is -2.24. The van der Waals surface area contributed by atoms with Gasteiger partial charge in [-0.25, -0.2) is 0 Å². The molecule has 0 aromatic carbocycles. The van der Waals surface area contributed by atoms with Crippen LogP contribution in [0.1, 0.15) is 245 Å². The van der Waals surface area contributed by atoms with Crippen molar-refractivity contribution in [2.75, 3.05) is 6.61 Å². The van der Waals surface area contributed by atoms with E-state index in [1.54, 1.807) is 0 Å². The molecule has 1 amide bonds. The molecule has 0 radical (unpaired) electrons. The Morgan fingerprint density at radius 1 is 0.500 bits per heavy atom. The predicted octanol–water partition coefficient (Wildman–Crippen LogP) is 15.2. The van der Waals surface area contributed by atoms with E-state index in [1.807, 2.05) is 6.08 Å². The van der Waals surface area contributed by atoms with E-state index in [2.05, 4.69) is 80.8 Å². The Balaban J connectivity index is 4.66. The van der Waals surface area contributed by atoms with E-state index in [0.717, 1.165) is 70.6 Å². The fourth-order valence-corrected chi connectivity index (χ4v) is 7.54. The van der Waals surface area contributed by atoms with Crippen LogP contribution in [0, 0.1) is 0 Å². The van der Waals surface area contributed by atoms with Crippen molar-refractivity contribution in [2.45, 2.75) is 264 Å². The molecule has 0 rings (SSSR count). The van der Waals surface area contributed by atoms with Crippen molar-refractivity contribution < 1.29 is 24.5 Å². The number of allylic oxidation sites excluding steroid dienone is 10. The van der Waals surface area contributed by atoms with Gasteiger partial charge in [0.05, 0.1) is 25.2 Å². The largest absolute Gasteiger partial charge is 0.462 e. The van der Waals surface area contributed by atoms with Crippen LogP contribution in [-0.2, 0) is 14.3 Å². The SMILES string of the molecule is CC/C=C/C/C=C/C/C=C/C/C=C/C/C=C/CCC(=O)OC(CCCCCCCCCCCCCC)CC(=O)NC(CO)C(O)CCCCCCCCCCCCCCC. The average molecular weight is 840 g/mol. The summed E-state index contributed by atoms with van der Waals surface area (Å²) in [6.45, 7) is 6.35. The number of esters is 1. The zero-order chi connectivity index (χ0) is 43.8. The van der Waals surface area contributed by atoms with Crippen LogP contribution < -0.4 is 5.32 Å². The number of unbranched alkanes of at least 4 members (excludes halogenated alkanes) is 23. The maximum atomic E-state index is 13.2. The molecular weight excluding hydrogens is 743 g/mol. The third-order valence-corrected chi connectivity index (χ3v) is 11.4. The molecule has 6 heteroatoms. The molecule has 3 unspecified atom stereocenters. The molecule has 0 saturated heterocycles. The number of amides is 1. The number of carbonyl (C=O) groups excluding carboxylic acids is 2. The van der Waals surface area contributed by atoms with E-state index in [1.165, 1.54) is 122 Å². The van der Waals surface area contributed by atoms with Gasteiger partial charge in [0.2, 0.25) is 5.91 Å². The van der Waals surface area contributed by atoms with Gasteiger partial charge in [0.15, 0.2) is 0 Å². The Morgan fingerprint density at radius 2 is 0.867 bits per heavy atom. The smallest absolute Gasteiger partial charge is 0.306 e. The highest BCUT2D eigenvalue weighted by atomic mass is 16.5. The lowest BCUT2D eigenvalue weighted by atomic mass is 10.0. The second-order valence-electron chi connectivity index (χ2n) is 17.2. The van der Waals surface area contributed by atoms with Gasteiger partial charge in [-0.3, -0.25) is 9.59 Å². The highest BCUT2D eigenvalue weighted by Gasteiger charge is 2.24.